The predicted octanol–water partition coefficient (Wildman–Crippen LogP) is 4.45. The number of aromatic nitrogens is 3. The van der Waals surface area contributed by atoms with Crippen LogP contribution in [0, 0.1) is 5.82 Å². The molecule has 0 aliphatic rings. The van der Waals surface area contributed by atoms with Crippen LogP contribution in [0.15, 0.2) is 73.2 Å². The Labute approximate surface area is 159 Å². The quantitative estimate of drug-likeness (QED) is 0.558. The van der Waals surface area contributed by atoms with Crippen LogP contribution in [0.4, 0.5) is 10.1 Å². The first-order chi connectivity index (χ1) is 13.2. The van der Waals surface area contributed by atoms with Gasteiger partial charge in [-0.15, -0.1) is 11.3 Å². The normalized spacial score (nSPS) is 10.7. The molecule has 0 spiro atoms. The van der Waals surface area contributed by atoms with Crippen LogP contribution < -0.4 is 5.32 Å². The third-order valence-corrected chi connectivity index (χ3v) is 4.94. The third kappa shape index (κ3) is 3.93. The third-order valence-electron chi connectivity index (χ3n) is 3.91. The Bertz CT molecular complexity index is 1070. The van der Waals surface area contributed by atoms with Crippen LogP contribution in [0.25, 0.3) is 10.6 Å². The summed E-state index contributed by atoms with van der Waals surface area (Å²) in [5.41, 5.74) is 2.10. The van der Waals surface area contributed by atoms with Gasteiger partial charge in [0.15, 0.2) is 0 Å². The molecule has 4 aromatic rings. The Morgan fingerprint density at radius 2 is 1.85 bits per heavy atom. The summed E-state index contributed by atoms with van der Waals surface area (Å²) in [6.45, 7) is 0.620. The van der Waals surface area contributed by atoms with E-state index in [1.165, 1.54) is 12.3 Å². The highest BCUT2D eigenvalue weighted by molar-refractivity contribution is 7.17. The van der Waals surface area contributed by atoms with E-state index in [1.807, 2.05) is 30.3 Å². The monoisotopic (exact) mass is 378 g/mol. The van der Waals surface area contributed by atoms with E-state index in [0.29, 0.717) is 27.7 Å². The van der Waals surface area contributed by atoms with Gasteiger partial charge in [-0.25, -0.2) is 9.37 Å². The number of hydrogen-bond acceptors (Lipinski definition) is 4. The van der Waals surface area contributed by atoms with Gasteiger partial charge in [0.1, 0.15) is 15.7 Å². The zero-order valence-electron chi connectivity index (χ0n) is 14.2. The number of nitrogens with zero attached hydrogens (tertiary/aromatic N) is 3. The number of carbonyl (C=O) groups excluding carboxylic acids is 1. The van der Waals surface area contributed by atoms with Gasteiger partial charge in [-0.3, -0.25) is 9.48 Å². The molecule has 1 amide bonds. The first kappa shape index (κ1) is 17.1. The van der Waals surface area contributed by atoms with Crippen molar-refractivity contribution >= 4 is 22.9 Å². The fourth-order valence-electron chi connectivity index (χ4n) is 2.62. The number of nitrogens with one attached hydrogen (secondary N) is 1. The molecule has 27 heavy (non-hydrogen) atoms. The number of carbonyl (C=O) groups is 1. The van der Waals surface area contributed by atoms with Crippen LogP contribution in [0.3, 0.4) is 0 Å². The summed E-state index contributed by atoms with van der Waals surface area (Å²) in [5.74, 6) is -0.657. The van der Waals surface area contributed by atoms with Crippen molar-refractivity contribution in [1.82, 2.24) is 14.8 Å². The summed E-state index contributed by atoms with van der Waals surface area (Å²) < 4.78 is 15.6. The molecule has 4 rings (SSSR count). The maximum Gasteiger partial charge on any atom is 0.267 e. The first-order valence-corrected chi connectivity index (χ1v) is 9.09. The minimum atomic E-state index is -0.360. The molecule has 2 aromatic heterocycles. The molecule has 2 heterocycles. The summed E-state index contributed by atoms with van der Waals surface area (Å²) in [6.07, 6.45) is 4.82. The molecule has 0 atom stereocenters. The lowest BCUT2D eigenvalue weighted by atomic mass is 10.2. The summed E-state index contributed by atoms with van der Waals surface area (Å²) in [4.78, 5) is 17.0. The SMILES string of the molecule is O=C(Nc1cnn(Cc2ccccc2)c1)c1cnc(-c2ccccc2F)s1. The van der Waals surface area contributed by atoms with E-state index >= 15 is 0 Å². The molecule has 1 N–H and O–H groups in total. The second-order valence-electron chi connectivity index (χ2n) is 5.88. The molecule has 0 bridgehead atoms. The zero-order valence-corrected chi connectivity index (χ0v) is 15.0. The Hall–Kier alpha value is -3.32. The molecule has 0 aliphatic carbocycles. The molecule has 0 saturated heterocycles. The smallest absolute Gasteiger partial charge is 0.267 e. The summed E-state index contributed by atoms with van der Waals surface area (Å²) in [7, 11) is 0. The summed E-state index contributed by atoms with van der Waals surface area (Å²) >= 11 is 1.15. The van der Waals surface area contributed by atoms with Gasteiger partial charge in [0.05, 0.1) is 24.6 Å². The van der Waals surface area contributed by atoms with Gasteiger partial charge in [-0.05, 0) is 17.7 Å². The molecule has 0 radical (unpaired) electrons. The van der Waals surface area contributed by atoms with Gasteiger partial charge < -0.3 is 5.32 Å². The van der Waals surface area contributed by atoms with Gasteiger partial charge in [0.2, 0.25) is 0 Å². The fourth-order valence-corrected chi connectivity index (χ4v) is 3.45. The average molecular weight is 378 g/mol. The zero-order chi connectivity index (χ0) is 18.6. The minimum absolute atomic E-state index is 0.297. The first-order valence-electron chi connectivity index (χ1n) is 8.27. The van der Waals surface area contributed by atoms with Gasteiger partial charge in [-0.2, -0.15) is 5.10 Å². The van der Waals surface area contributed by atoms with Crippen molar-refractivity contribution in [2.24, 2.45) is 0 Å². The Kier molecular flexibility index (Phi) is 4.76. The predicted molar refractivity (Wildman–Crippen MR) is 103 cm³/mol. The maximum atomic E-state index is 13.9. The second kappa shape index (κ2) is 7.51. The molecule has 5 nitrogen and oxygen atoms in total. The van der Waals surface area contributed by atoms with E-state index in [1.54, 1.807) is 35.3 Å². The Morgan fingerprint density at radius 3 is 2.67 bits per heavy atom. The van der Waals surface area contributed by atoms with Gasteiger partial charge in [0.25, 0.3) is 5.91 Å². The largest absolute Gasteiger partial charge is 0.319 e. The lowest BCUT2D eigenvalue weighted by Crippen LogP contribution is -2.09. The van der Waals surface area contributed by atoms with E-state index in [4.69, 9.17) is 0 Å². The lowest BCUT2D eigenvalue weighted by Gasteiger charge is -2.01. The molecular weight excluding hydrogens is 363 g/mol. The molecule has 0 aliphatic heterocycles. The fraction of sp³-hybridized carbons (Fsp3) is 0.0500. The van der Waals surface area contributed by atoms with E-state index in [9.17, 15) is 9.18 Å². The van der Waals surface area contributed by atoms with Crippen LogP contribution in [0.5, 0.6) is 0 Å². The molecular formula is C20H15FN4OS. The van der Waals surface area contributed by atoms with Crippen molar-refractivity contribution in [3.8, 4) is 10.6 Å². The van der Waals surface area contributed by atoms with E-state index in [2.05, 4.69) is 15.4 Å². The van der Waals surface area contributed by atoms with Gasteiger partial charge in [0, 0.05) is 11.8 Å². The standard InChI is InChI=1S/C20H15FN4OS/c21-17-9-5-4-8-16(17)20-22-11-18(27-20)19(26)24-15-10-23-25(13-15)12-14-6-2-1-3-7-14/h1-11,13H,12H2,(H,24,26). The highest BCUT2D eigenvalue weighted by Crippen LogP contribution is 2.27. The number of thiazole rings is 1. The van der Waals surface area contributed by atoms with Crippen LogP contribution in [-0.4, -0.2) is 20.7 Å². The number of benzene rings is 2. The summed E-state index contributed by atoms with van der Waals surface area (Å²) in [6, 6.07) is 16.3. The topological polar surface area (TPSA) is 59.8 Å². The number of halogens is 1. The van der Waals surface area contributed by atoms with Crippen molar-refractivity contribution in [3.05, 3.63) is 89.4 Å². The maximum absolute atomic E-state index is 13.9. The molecule has 0 unspecified atom stereocenters. The van der Waals surface area contributed by atoms with E-state index < -0.39 is 0 Å². The molecule has 0 fully saturated rings. The van der Waals surface area contributed by atoms with Gasteiger partial charge in [-0.1, -0.05) is 42.5 Å². The van der Waals surface area contributed by atoms with Crippen molar-refractivity contribution < 1.29 is 9.18 Å². The number of anilines is 1. The van der Waals surface area contributed by atoms with Crippen LogP contribution >= 0.6 is 11.3 Å². The molecule has 0 saturated carbocycles. The second-order valence-corrected chi connectivity index (χ2v) is 6.91. The average Bonchev–Trinajstić information content (AvgIpc) is 3.33. The molecule has 134 valence electrons. The van der Waals surface area contributed by atoms with Crippen molar-refractivity contribution in [2.75, 3.05) is 5.32 Å². The van der Waals surface area contributed by atoms with Crippen LogP contribution in [0.1, 0.15) is 15.2 Å². The molecule has 7 heteroatoms. The minimum Gasteiger partial charge on any atom is -0.319 e. The Morgan fingerprint density at radius 1 is 1.07 bits per heavy atom. The number of rotatable bonds is 5. The van der Waals surface area contributed by atoms with Crippen LogP contribution in [0.2, 0.25) is 0 Å². The highest BCUT2D eigenvalue weighted by atomic mass is 32.1. The number of amides is 1. The van der Waals surface area contributed by atoms with Crippen molar-refractivity contribution in [1.29, 1.82) is 0 Å². The van der Waals surface area contributed by atoms with E-state index in [-0.39, 0.29) is 11.7 Å². The van der Waals surface area contributed by atoms with Crippen molar-refractivity contribution in [3.63, 3.8) is 0 Å². The summed E-state index contributed by atoms with van der Waals surface area (Å²) in [5, 5.41) is 7.53. The molecule has 2 aromatic carbocycles. The van der Waals surface area contributed by atoms with Crippen molar-refractivity contribution in [2.45, 2.75) is 6.54 Å². The van der Waals surface area contributed by atoms with Crippen LogP contribution in [-0.2, 0) is 6.54 Å². The lowest BCUT2D eigenvalue weighted by molar-refractivity contribution is 0.103. The highest BCUT2D eigenvalue weighted by Gasteiger charge is 2.14. The van der Waals surface area contributed by atoms with Gasteiger partial charge >= 0.3 is 0 Å². The van der Waals surface area contributed by atoms with E-state index in [0.717, 1.165) is 16.9 Å². The number of hydrogen-bond donors (Lipinski definition) is 1. The Balaban J connectivity index is 1.45.